The van der Waals surface area contributed by atoms with E-state index >= 15 is 0 Å². The molecule has 1 aromatic rings. The lowest BCUT2D eigenvalue weighted by atomic mass is 10.1. The Bertz CT molecular complexity index is 505. The monoisotopic (exact) mass is 323 g/mol. The lowest BCUT2D eigenvalue weighted by molar-refractivity contribution is -0.132. The number of fused-ring (bicyclic) bond motifs is 1. The van der Waals surface area contributed by atoms with Gasteiger partial charge in [-0.25, -0.2) is 0 Å². The fourth-order valence-electron chi connectivity index (χ4n) is 3.07. The molecule has 0 spiro atoms. The van der Waals surface area contributed by atoms with Gasteiger partial charge in [0.15, 0.2) is 0 Å². The molecule has 0 radical (unpaired) electrons. The lowest BCUT2D eigenvalue weighted by Gasteiger charge is -2.30. The van der Waals surface area contributed by atoms with Crippen molar-refractivity contribution in [3.63, 3.8) is 0 Å². The third-order valence-electron chi connectivity index (χ3n) is 4.39. The second-order valence-corrected chi connectivity index (χ2v) is 7.14. The Hall–Kier alpha value is -0.950. The van der Waals surface area contributed by atoms with Gasteiger partial charge in [0.2, 0.25) is 5.91 Å². The summed E-state index contributed by atoms with van der Waals surface area (Å²) in [6, 6.07) is 2.15. The third-order valence-corrected chi connectivity index (χ3v) is 5.41. The fraction of sp³-hybridized carbons (Fsp3) is 0.688. The Morgan fingerprint density at radius 1 is 1.50 bits per heavy atom. The minimum atomic E-state index is 0.247. The second-order valence-electron chi connectivity index (χ2n) is 6.14. The van der Waals surface area contributed by atoms with Gasteiger partial charge in [-0.15, -0.1) is 11.3 Å². The molecule has 122 valence electrons. The van der Waals surface area contributed by atoms with Crippen LogP contribution in [0, 0.1) is 0 Å². The van der Waals surface area contributed by atoms with Crippen LogP contribution in [0.25, 0.3) is 0 Å². The van der Waals surface area contributed by atoms with E-state index in [0.717, 1.165) is 52.3 Å². The van der Waals surface area contributed by atoms with E-state index in [0.29, 0.717) is 6.42 Å². The van der Waals surface area contributed by atoms with Crippen LogP contribution in [0.15, 0.2) is 11.4 Å². The molecule has 3 rings (SSSR count). The molecule has 0 saturated carbocycles. The highest BCUT2D eigenvalue weighted by molar-refractivity contribution is 7.10. The van der Waals surface area contributed by atoms with Crippen LogP contribution >= 0.6 is 11.3 Å². The summed E-state index contributed by atoms with van der Waals surface area (Å²) < 4.78 is 5.70. The first kappa shape index (κ1) is 15.9. The maximum Gasteiger partial charge on any atom is 0.224 e. The Balaban J connectivity index is 1.35. The minimum Gasteiger partial charge on any atom is -0.374 e. The van der Waals surface area contributed by atoms with Crippen LogP contribution in [0.2, 0.25) is 0 Å². The van der Waals surface area contributed by atoms with Crippen molar-refractivity contribution in [1.82, 2.24) is 15.1 Å². The molecule has 1 saturated heterocycles. The van der Waals surface area contributed by atoms with Crippen molar-refractivity contribution in [1.29, 1.82) is 0 Å². The molecule has 1 atom stereocenters. The van der Waals surface area contributed by atoms with E-state index in [4.69, 9.17) is 4.74 Å². The molecule has 6 heteroatoms. The van der Waals surface area contributed by atoms with Crippen LogP contribution in [0.3, 0.4) is 0 Å². The first-order chi connectivity index (χ1) is 10.7. The molecule has 0 aromatic carbocycles. The van der Waals surface area contributed by atoms with E-state index in [-0.39, 0.29) is 12.0 Å². The largest absolute Gasteiger partial charge is 0.374 e. The number of carbonyl (C=O) groups is 1. The zero-order valence-corrected chi connectivity index (χ0v) is 14.0. The summed E-state index contributed by atoms with van der Waals surface area (Å²) in [6.07, 6.45) is 1.83. The average Bonchev–Trinajstić information content (AvgIpc) is 2.99. The zero-order valence-electron chi connectivity index (χ0n) is 13.2. The fourth-order valence-corrected chi connectivity index (χ4v) is 3.96. The van der Waals surface area contributed by atoms with Gasteiger partial charge in [-0.2, -0.15) is 0 Å². The van der Waals surface area contributed by atoms with E-state index in [1.54, 1.807) is 0 Å². The number of amides is 1. The summed E-state index contributed by atoms with van der Waals surface area (Å²) in [4.78, 5) is 18.0. The molecule has 22 heavy (non-hydrogen) atoms. The number of thiophene rings is 1. The molecule has 1 fully saturated rings. The SMILES string of the molecule is CN1CCO[C@H](CNCCC(=O)N2CCc3sccc3C2)C1. The van der Waals surface area contributed by atoms with Crippen LogP contribution in [0.4, 0.5) is 0 Å². The van der Waals surface area contributed by atoms with Crippen LogP contribution in [-0.4, -0.2) is 68.2 Å². The smallest absolute Gasteiger partial charge is 0.224 e. The van der Waals surface area contributed by atoms with Crippen molar-refractivity contribution in [3.05, 3.63) is 21.9 Å². The minimum absolute atomic E-state index is 0.247. The first-order valence-electron chi connectivity index (χ1n) is 8.06. The van der Waals surface area contributed by atoms with Gasteiger partial charge < -0.3 is 19.9 Å². The predicted octanol–water partition coefficient (Wildman–Crippen LogP) is 0.943. The summed E-state index contributed by atoms with van der Waals surface area (Å²) in [5, 5.41) is 5.49. The van der Waals surface area contributed by atoms with Gasteiger partial charge in [-0.1, -0.05) is 0 Å². The normalized spacial score (nSPS) is 22.6. The molecule has 1 amide bonds. The summed E-state index contributed by atoms with van der Waals surface area (Å²) in [5.41, 5.74) is 1.33. The van der Waals surface area contributed by atoms with Crippen molar-refractivity contribution in [2.45, 2.75) is 25.5 Å². The van der Waals surface area contributed by atoms with Crippen molar-refractivity contribution in [2.75, 3.05) is 46.4 Å². The first-order valence-corrected chi connectivity index (χ1v) is 8.94. The highest BCUT2D eigenvalue weighted by atomic mass is 32.1. The molecule has 0 bridgehead atoms. The van der Waals surface area contributed by atoms with E-state index in [2.05, 4.69) is 28.7 Å². The summed E-state index contributed by atoms with van der Waals surface area (Å²) >= 11 is 1.81. The number of carbonyl (C=O) groups excluding carboxylic acids is 1. The lowest BCUT2D eigenvalue weighted by Crippen LogP contribution is -2.45. The van der Waals surface area contributed by atoms with Crippen molar-refractivity contribution in [2.24, 2.45) is 0 Å². The van der Waals surface area contributed by atoms with E-state index in [1.165, 1.54) is 10.4 Å². The average molecular weight is 323 g/mol. The van der Waals surface area contributed by atoms with Crippen molar-refractivity contribution < 1.29 is 9.53 Å². The highest BCUT2D eigenvalue weighted by Crippen LogP contribution is 2.24. The summed E-state index contributed by atoms with van der Waals surface area (Å²) in [7, 11) is 2.12. The van der Waals surface area contributed by atoms with E-state index < -0.39 is 0 Å². The third kappa shape index (κ3) is 4.07. The highest BCUT2D eigenvalue weighted by Gasteiger charge is 2.21. The van der Waals surface area contributed by atoms with Gasteiger partial charge in [-0.3, -0.25) is 4.79 Å². The van der Waals surface area contributed by atoms with Gasteiger partial charge in [0.25, 0.3) is 0 Å². The quantitative estimate of drug-likeness (QED) is 0.819. The predicted molar refractivity (Wildman–Crippen MR) is 88.2 cm³/mol. The van der Waals surface area contributed by atoms with Crippen LogP contribution in [0.5, 0.6) is 0 Å². The molecule has 1 N–H and O–H groups in total. The number of rotatable bonds is 5. The molecule has 2 aliphatic heterocycles. The zero-order chi connectivity index (χ0) is 15.4. The van der Waals surface area contributed by atoms with Gasteiger partial charge in [0, 0.05) is 50.6 Å². The number of hydrogen-bond acceptors (Lipinski definition) is 5. The number of nitrogens with zero attached hydrogens (tertiary/aromatic N) is 2. The maximum absolute atomic E-state index is 12.3. The molecule has 2 aliphatic rings. The van der Waals surface area contributed by atoms with Crippen LogP contribution in [-0.2, 0) is 22.5 Å². The molecule has 5 nitrogen and oxygen atoms in total. The van der Waals surface area contributed by atoms with E-state index in [9.17, 15) is 4.79 Å². The topological polar surface area (TPSA) is 44.8 Å². The van der Waals surface area contributed by atoms with Gasteiger partial charge in [-0.05, 0) is 30.5 Å². The number of nitrogens with one attached hydrogen (secondary N) is 1. The van der Waals surface area contributed by atoms with Gasteiger partial charge in [0.05, 0.1) is 12.7 Å². The molecule has 0 aliphatic carbocycles. The summed E-state index contributed by atoms with van der Waals surface area (Å²) in [6.45, 7) is 5.99. The van der Waals surface area contributed by atoms with Crippen molar-refractivity contribution in [3.8, 4) is 0 Å². The number of morpholine rings is 1. The Morgan fingerprint density at radius 3 is 3.27 bits per heavy atom. The van der Waals surface area contributed by atoms with Gasteiger partial charge in [0.1, 0.15) is 0 Å². The standard InChI is InChI=1S/C16H25N3O2S/c1-18-7-8-21-14(12-18)10-17-5-2-16(20)19-6-3-15-13(11-19)4-9-22-15/h4,9,14,17H,2-3,5-8,10-12H2,1H3/t14-/m1/s1. The summed E-state index contributed by atoms with van der Waals surface area (Å²) in [5.74, 6) is 0.256. The Kier molecular flexibility index (Phi) is 5.46. The Morgan fingerprint density at radius 2 is 2.41 bits per heavy atom. The number of ether oxygens (including phenoxy) is 1. The van der Waals surface area contributed by atoms with E-state index in [1.807, 2.05) is 16.2 Å². The van der Waals surface area contributed by atoms with Crippen LogP contribution in [0.1, 0.15) is 16.9 Å². The molecule has 1 aromatic heterocycles. The molecular weight excluding hydrogens is 298 g/mol. The number of likely N-dealkylation sites (N-methyl/N-ethyl adjacent to an activating group) is 1. The number of hydrogen-bond donors (Lipinski definition) is 1. The molecule has 0 unspecified atom stereocenters. The van der Waals surface area contributed by atoms with Gasteiger partial charge >= 0.3 is 0 Å². The van der Waals surface area contributed by atoms with Crippen molar-refractivity contribution >= 4 is 17.2 Å². The molecular formula is C16H25N3O2S. The molecule has 3 heterocycles. The van der Waals surface area contributed by atoms with Crippen LogP contribution < -0.4 is 5.32 Å². The second kappa shape index (κ2) is 7.55. The Labute approximate surface area is 136 Å². The maximum atomic E-state index is 12.3.